The minimum absolute atomic E-state index is 0.105. The highest BCUT2D eigenvalue weighted by molar-refractivity contribution is 7.33. The third kappa shape index (κ3) is 7.15. The predicted molar refractivity (Wildman–Crippen MR) is 166 cm³/mol. The molecule has 4 aromatic carbocycles. The summed E-state index contributed by atoms with van der Waals surface area (Å²) in [5.41, 5.74) is 10.1. The van der Waals surface area contributed by atoms with Crippen LogP contribution in [0.2, 0.25) is 0 Å². The molecule has 3 nitrogen and oxygen atoms in total. The first-order valence-electron chi connectivity index (χ1n) is 14.2. The SMILES string of the molecule is Cc1ccccc1C(c1ccccc1C)C(C)CO[P+](=O)OCC(C)C(c1ccccc1C)c1ccccc1C. The summed E-state index contributed by atoms with van der Waals surface area (Å²) < 4.78 is 24.8. The topological polar surface area (TPSA) is 35.5 Å². The molecule has 0 heterocycles. The van der Waals surface area contributed by atoms with Gasteiger partial charge in [0.25, 0.3) is 0 Å². The van der Waals surface area contributed by atoms with Crippen LogP contribution in [0.4, 0.5) is 0 Å². The molecule has 0 N–H and O–H groups in total. The Balaban J connectivity index is 1.46. The van der Waals surface area contributed by atoms with Crippen LogP contribution in [0.5, 0.6) is 0 Å². The van der Waals surface area contributed by atoms with Crippen molar-refractivity contribution in [3.8, 4) is 0 Å². The van der Waals surface area contributed by atoms with Crippen LogP contribution in [0.3, 0.4) is 0 Å². The summed E-state index contributed by atoms with van der Waals surface area (Å²) in [6, 6.07) is 34.0. The quantitative estimate of drug-likeness (QED) is 0.164. The van der Waals surface area contributed by atoms with Crippen LogP contribution >= 0.6 is 8.25 Å². The zero-order chi connectivity index (χ0) is 28.6. The maximum atomic E-state index is 13.0. The van der Waals surface area contributed by atoms with Crippen molar-refractivity contribution < 1.29 is 13.6 Å². The Hall–Kier alpha value is -3.10. The largest absolute Gasteiger partial charge is 0.697 e. The maximum Gasteiger partial charge on any atom is 0.697 e. The molecule has 0 amide bonds. The van der Waals surface area contributed by atoms with Crippen LogP contribution in [-0.4, -0.2) is 13.2 Å². The Morgan fingerprint density at radius 2 is 0.750 bits per heavy atom. The van der Waals surface area contributed by atoms with Gasteiger partial charge in [-0.05, 0) is 84.0 Å². The first-order valence-corrected chi connectivity index (χ1v) is 15.3. The van der Waals surface area contributed by atoms with Crippen molar-refractivity contribution in [2.24, 2.45) is 11.8 Å². The standard InChI is InChI=1S/C36H42O3P/c1-25-15-7-11-19-31(25)35(32-20-12-8-16-26(32)2)29(5)23-38-40(37)39-24-30(6)36(33-21-13-9-17-27(33)3)34-22-14-10-18-28(34)4/h7-22,29-30,35-36H,23-24H2,1-6H3/q+1. The van der Waals surface area contributed by atoms with Crippen molar-refractivity contribution >= 4 is 8.25 Å². The van der Waals surface area contributed by atoms with Crippen LogP contribution in [0, 0.1) is 39.5 Å². The van der Waals surface area contributed by atoms with Gasteiger partial charge in [0.1, 0.15) is 13.2 Å². The van der Waals surface area contributed by atoms with Crippen LogP contribution in [-0.2, 0) is 13.6 Å². The molecule has 0 aliphatic heterocycles. The third-order valence-electron chi connectivity index (χ3n) is 8.12. The summed E-state index contributed by atoms with van der Waals surface area (Å²) in [4.78, 5) is 0. The molecule has 0 aromatic heterocycles. The van der Waals surface area contributed by atoms with Gasteiger partial charge in [0.15, 0.2) is 0 Å². The third-order valence-corrected chi connectivity index (χ3v) is 8.84. The Morgan fingerprint density at radius 3 is 1.00 bits per heavy atom. The first-order chi connectivity index (χ1) is 19.3. The maximum absolute atomic E-state index is 13.0. The molecule has 0 aliphatic carbocycles. The van der Waals surface area contributed by atoms with Gasteiger partial charge in [0, 0.05) is 16.4 Å². The van der Waals surface area contributed by atoms with E-state index in [1.54, 1.807) is 0 Å². The summed E-state index contributed by atoms with van der Waals surface area (Å²) in [5.74, 6) is 0.482. The second-order valence-corrected chi connectivity index (χ2v) is 12.1. The van der Waals surface area contributed by atoms with Crippen LogP contribution in [0.15, 0.2) is 97.1 Å². The van der Waals surface area contributed by atoms with E-state index < -0.39 is 8.25 Å². The Kier molecular flexibility index (Phi) is 10.5. The fraction of sp³-hybridized carbons (Fsp3) is 0.333. The second kappa shape index (κ2) is 14.0. The van der Waals surface area contributed by atoms with Crippen LogP contribution in [0.25, 0.3) is 0 Å². The van der Waals surface area contributed by atoms with Gasteiger partial charge in [-0.15, -0.1) is 9.05 Å². The van der Waals surface area contributed by atoms with Gasteiger partial charge < -0.3 is 0 Å². The molecule has 4 heteroatoms. The smallest absolute Gasteiger partial charge is 0.119 e. The number of hydrogen-bond donors (Lipinski definition) is 0. The van der Waals surface area contributed by atoms with Crippen molar-refractivity contribution in [3.63, 3.8) is 0 Å². The van der Waals surface area contributed by atoms with E-state index in [9.17, 15) is 4.57 Å². The molecule has 0 spiro atoms. The van der Waals surface area contributed by atoms with Gasteiger partial charge in [-0.25, -0.2) is 0 Å². The van der Waals surface area contributed by atoms with E-state index in [4.69, 9.17) is 9.05 Å². The first kappa shape index (κ1) is 29.9. The lowest BCUT2D eigenvalue weighted by Gasteiger charge is -2.27. The molecular formula is C36H42O3P+. The monoisotopic (exact) mass is 553 g/mol. The Morgan fingerprint density at radius 1 is 0.500 bits per heavy atom. The number of benzene rings is 4. The van der Waals surface area contributed by atoms with Gasteiger partial charge in [0.05, 0.1) is 0 Å². The molecule has 0 bridgehead atoms. The lowest BCUT2D eigenvalue weighted by Crippen LogP contribution is -2.19. The summed E-state index contributed by atoms with van der Waals surface area (Å²) >= 11 is 0. The van der Waals surface area contributed by atoms with E-state index in [2.05, 4.69) is 139 Å². The molecular weight excluding hydrogens is 511 g/mol. The summed E-state index contributed by atoms with van der Waals surface area (Å²) in [5, 5.41) is 0. The van der Waals surface area contributed by atoms with Crippen LogP contribution < -0.4 is 0 Å². The highest BCUT2D eigenvalue weighted by atomic mass is 31.1. The zero-order valence-corrected chi connectivity index (χ0v) is 25.5. The Bertz CT molecular complexity index is 1230. The average Bonchev–Trinajstić information content (AvgIpc) is 2.95. The molecule has 4 aromatic rings. The van der Waals surface area contributed by atoms with Crippen molar-refractivity contribution in [1.29, 1.82) is 0 Å². The van der Waals surface area contributed by atoms with E-state index in [1.807, 2.05) is 0 Å². The van der Waals surface area contributed by atoms with Crippen molar-refractivity contribution in [3.05, 3.63) is 142 Å². The zero-order valence-electron chi connectivity index (χ0n) is 24.6. The van der Waals surface area contributed by atoms with E-state index in [1.165, 1.54) is 44.5 Å². The average molecular weight is 554 g/mol. The molecule has 208 valence electrons. The van der Waals surface area contributed by atoms with Gasteiger partial charge in [-0.1, -0.05) is 111 Å². The molecule has 0 saturated carbocycles. The van der Waals surface area contributed by atoms with E-state index >= 15 is 0 Å². The summed E-state index contributed by atoms with van der Waals surface area (Å²) in [6.45, 7) is 13.6. The van der Waals surface area contributed by atoms with Gasteiger partial charge in [0.2, 0.25) is 0 Å². The van der Waals surface area contributed by atoms with E-state index in [-0.39, 0.29) is 23.7 Å². The molecule has 0 radical (unpaired) electrons. The number of aryl methyl sites for hydroxylation is 4. The highest BCUT2D eigenvalue weighted by Gasteiger charge is 2.32. The molecule has 4 rings (SSSR count). The number of hydrogen-bond acceptors (Lipinski definition) is 3. The minimum atomic E-state index is -2.25. The van der Waals surface area contributed by atoms with Crippen molar-refractivity contribution in [2.75, 3.05) is 13.2 Å². The van der Waals surface area contributed by atoms with Gasteiger partial charge >= 0.3 is 8.25 Å². The molecule has 0 fully saturated rings. The lowest BCUT2D eigenvalue weighted by molar-refractivity contribution is 0.176. The van der Waals surface area contributed by atoms with E-state index in [0.29, 0.717) is 13.2 Å². The van der Waals surface area contributed by atoms with Gasteiger partial charge in [-0.3, -0.25) is 0 Å². The molecule has 2 unspecified atom stereocenters. The fourth-order valence-electron chi connectivity index (χ4n) is 5.89. The number of rotatable bonds is 12. The second-order valence-electron chi connectivity index (χ2n) is 11.2. The molecule has 2 atom stereocenters. The highest BCUT2D eigenvalue weighted by Crippen LogP contribution is 2.40. The molecule has 0 aliphatic rings. The minimum Gasteiger partial charge on any atom is -0.119 e. The van der Waals surface area contributed by atoms with Crippen LogP contribution in [0.1, 0.15) is 70.2 Å². The summed E-state index contributed by atoms with van der Waals surface area (Å²) in [6.07, 6.45) is 0. The van der Waals surface area contributed by atoms with E-state index in [0.717, 1.165) is 0 Å². The Labute approximate surface area is 241 Å². The summed E-state index contributed by atoms with van der Waals surface area (Å²) in [7, 11) is -2.25. The van der Waals surface area contributed by atoms with Crippen molar-refractivity contribution in [2.45, 2.75) is 53.4 Å². The fourth-order valence-corrected chi connectivity index (χ4v) is 6.68. The normalized spacial score (nSPS) is 13.4. The predicted octanol–water partition coefficient (Wildman–Crippen LogP) is 9.85. The molecule has 0 saturated heterocycles. The van der Waals surface area contributed by atoms with Crippen molar-refractivity contribution in [1.82, 2.24) is 0 Å². The molecule has 40 heavy (non-hydrogen) atoms. The lowest BCUT2D eigenvalue weighted by atomic mass is 9.78. The van der Waals surface area contributed by atoms with Gasteiger partial charge in [-0.2, -0.15) is 0 Å².